The Balaban J connectivity index is 1.22. The number of morpholine rings is 2. The zero-order chi connectivity index (χ0) is 25.7. The van der Waals surface area contributed by atoms with E-state index in [1.807, 2.05) is 60.7 Å². The van der Waals surface area contributed by atoms with Gasteiger partial charge < -0.3 is 4.74 Å². The van der Waals surface area contributed by atoms with E-state index >= 15 is 0 Å². The highest BCUT2D eigenvalue weighted by Crippen LogP contribution is 2.23. The van der Waals surface area contributed by atoms with Crippen molar-refractivity contribution in [2.75, 3.05) is 39.3 Å². The Morgan fingerprint density at radius 3 is 2.03 bits per heavy atom. The third kappa shape index (κ3) is 6.45. The number of hydrogen-bond donors (Lipinski definition) is 0. The molecule has 3 aromatic rings. The van der Waals surface area contributed by atoms with Crippen LogP contribution in [0.5, 0.6) is 0 Å². The first-order chi connectivity index (χ1) is 18.0. The number of sulfonamides is 1. The summed E-state index contributed by atoms with van der Waals surface area (Å²) < 4.78 is 34.9. The fourth-order valence-electron chi connectivity index (χ4n) is 5.18. The van der Waals surface area contributed by atoms with Crippen LogP contribution in [0, 0.1) is 11.3 Å². The predicted molar refractivity (Wildman–Crippen MR) is 142 cm³/mol. The van der Waals surface area contributed by atoms with Crippen LogP contribution in [0.2, 0.25) is 0 Å². The maximum absolute atomic E-state index is 13.5. The molecule has 0 amide bonds. The zero-order valence-electron chi connectivity index (χ0n) is 20.8. The minimum atomic E-state index is -3.62. The van der Waals surface area contributed by atoms with Gasteiger partial charge in [0.25, 0.3) is 0 Å². The molecule has 5 rings (SSSR count). The SMILES string of the molecule is N#Cc1ccc(CN2CC3CN(CCN(Cc4ccccc4)S(=O)(=O)c4ccccc4)CC(C2)O3)cc1. The summed E-state index contributed by atoms with van der Waals surface area (Å²) in [5.74, 6) is 0. The second kappa shape index (κ2) is 11.5. The molecular weight excluding hydrogens is 484 g/mol. The van der Waals surface area contributed by atoms with Gasteiger partial charge in [0.1, 0.15) is 0 Å². The third-order valence-electron chi connectivity index (χ3n) is 6.97. The monoisotopic (exact) mass is 516 g/mol. The van der Waals surface area contributed by atoms with E-state index in [2.05, 4.69) is 15.9 Å². The third-order valence-corrected chi connectivity index (χ3v) is 8.83. The highest BCUT2D eigenvalue weighted by atomic mass is 32.2. The van der Waals surface area contributed by atoms with Crippen molar-refractivity contribution in [2.45, 2.75) is 30.2 Å². The molecule has 2 aliphatic rings. The van der Waals surface area contributed by atoms with E-state index in [1.54, 1.807) is 28.6 Å². The summed E-state index contributed by atoms with van der Waals surface area (Å²) in [6.45, 7) is 5.49. The van der Waals surface area contributed by atoms with Crippen LogP contribution in [-0.4, -0.2) is 74.0 Å². The molecule has 2 saturated heterocycles. The molecule has 0 saturated carbocycles. The van der Waals surface area contributed by atoms with Crippen LogP contribution in [0.15, 0.2) is 89.8 Å². The summed E-state index contributed by atoms with van der Waals surface area (Å²) in [5.41, 5.74) is 2.84. The molecule has 3 aromatic carbocycles. The Labute approximate surface area is 219 Å². The van der Waals surface area contributed by atoms with Gasteiger partial charge in [0.05, 0.1) is 28.7 Å². The van der Waals surface area contributed by atoms with Crippen molar-refractivity contribution in [1.29, 1.82) is 5.26 Å². The van der Waals surface area contributed by atoms with Crippen molar-refractivity contribution in [3.05, 3.63) is 102 Å². The summed E-state index contributed by atoms with van der Waals surface area (Å²) in [7, 11) is -3.62. The molecule has 2 aliphatic heterocycles. The molecule has 8 heteroatoms. The molecule has 192 valence electrons. The summed E-state index contributed by atoms with van der Waals surface area (Å²) >= 11 is 0. The van der Waals surface area contributed by atoms with Crippen molar-refractivity contribution in [3.63, 3.8) is 0 Å². The van der Waals surface area contributed by atoms with Gasteiger partial charge in [-0.15, -0.1) is 0 Å². The smallest absolute Gasteiger partial charge is 0.243 e. The van der Waals surface area contributed by atoms with Crippen molar-refractivity contribution in [1.82, 2.24) is 14.1 Å². The molecule has 0 aliphatic carbocycles. The number of hydrogen-bond acceptors (Lipinski definition) is 6. The van der Waals surface area contributed by atoms with Gasteiger partial charge in [-0.3, -0.25) is 9.80 Å². The van der Waals surface area contributed by atoms with E-state index < -0.39 is 10.0 Å². The maximum atomic E-state index is 13.5. The minimum Gasteiger partial charge on any atom is -0.370 e. The number of nitrogens with zero attached hydrogens (tertiary/aromatic N) is 4. The minimum absolute atomic E-state index is 0.0965. The predicted octanol–water partition coefficient (Wildman–Crippen LogP) is 3.33. The lowest BCUT2D eigenvalue weighted by Gasteiger charge is -2.46. The average molecular weight is 517 g/mol. The Morgan fingerprint density at radius 2 is 1.41 bits per heavy atom. The molecule has 0 N–H and O–H groups in total. The van der Waals surface area contributed by atoms with E-state index in [9.17, 15) is 8.42 Å². The van der Waals surface area contributed by atoms with Crippen molar-refractivity contribution in [3.8, 4) is 6.07 Å². The van der Waals surface area contributed by atoms with Gasteiger partial charge in [-0.05, 0) is 35.4 Å². The second-order valence-corrected chi connectivity index (χ2v) is 11.7. The lowest BCUT2D eigenvalue weighted by molar-refractivity contribution is -0.140. The number of rotatable bonds is 9. The van der Waals surface area contributed by atoms with Crippen LogP contribution >= 0.6 is 0 Å². The standard InChI is InChI=1S/C29H32N4O3S/c30-17-24-11-13-26(14-12-24)18-32-22-27-20-31(21-28(23-32)36-27)15-16-33(19-25-7-3-1-4-8-25)37(34,35)29-9-5-2-6-10-29/h1-14,27-28H,15-16,18-23H2. The molecule has 2 unspecified atom stereocenters. The summed E-state index contributed by atoms with van der Waals surface area (Å²) in [6.07, 6.45) is 0.193. The number of benzene rings is 3. The molecule has 0 spiro atoms. The van der Waals surface area contributed by atoms with Crippen LogP contribution in [0.25, 0.3) is 0 Å². The van der Waals surface area contributed by atoms with E-state index in [0.717, 1.165) is 38.3 Å². The van der Waals surface area contributed by atoms with E-state index in [-0.39, 0.29) is 12.2 Å². The van der Waals surface area contributed by atoms with Crippen molar-refractivity contribution in [2.24, 2.45) is 0 Å². The molecule has 2 heterocycles. The lowest BCUT2D eigenvalue weighted by Crippen LogP contribution is -2.59. The highest BCUT2D eigenvalue weighted by Gasteiger charge is 2.35. The molecule has 37 heavy (non-hydrogen) atoms. The first kappa shape index (κ1) is 25.6. The molecule has 0 aromatic heterocycles. The first-order valence-corrected chi connectivity index (χ1v) is 14.1. The van der Waals surface area contributed by atoms with Gasteiger partial charge in [-0.1, -0.05) is 60.7 Å². The van der Waals surface area contributed by atoms with Gasteiger partial charge in [-0.2, -0.15) is 9.57 Å². The van der Waals surface area contributed by atoms with Gasteiger partial charge in [-0.25, -0.2) is 8.42 Å². The fourth-order valence-corrected chi connectivity index (χ4v) is 6.62. The van der Waals surface area contributed by atoms with Crippen LogP contribution in [-0.2, 0) is 27.8 Å². The Morgan fingerprint density at radius 1 is 0.811 bits per heavy atom. The van der Waals surface area contributed by atoms with Gasteiger partial charge in [0.15, 0.2) is 0 Å². The number of fused-ring (bicyclic) bond motifs is 2. The summed E-state index contributed by atoms with van der Waals surface area (Å²) in [4.78, 5) is 5.08. The first-order valence-electron chi connectivity index (χ1n) is 12.7. The van der Waals surface area contributed by atoms with Gasteiger partial charge >= 0.3 is 0 Å². The van der Waals surface area contributed by atoms with Crippen molar-refractivity contribution < 1.29 is 13.2 Å². The van der Waals surface area contributed by atoms with Crippen LogP contribution in [0.4, 0.5) is 0 Å². The zero-order valence-corrected chi connectivity index (χ0v) is 21.6. The maximum Gasteiger partial charge on any atom is 0.243 e. The largest absolute Gasteiger partial charge is 0.370 e. The second-order valence-electron chi connectivity index (χ2n) is 9.78. The quantitative estimate of drug-likeness (QED) is 0.434. The molecule has 2 fully saturated rings. The normalized spacial score (nSPS) is 20.5. The Hall–Kier alpha value is -3.06. The molecule has 2 bridgehead atoms. The lowest BCUT2D eigenvalue weighted by atomic mass is 10.1. The fraction of sp³-hybridized carbons (Fsp3) is 0.345. The van der Waals surface area contributed by atoms with Gasteiger partial charge in [0, 0.05) is 52.4 Å². The average Bonchev–Trinajstić information content (AvgIpc) is 2.92. The topological polar surface area (TPSA) is 76.9 Å². The van der Waals surface area contributed by atoms with E-state index in [1.165, 1.54) is 5.56 Å². The molecule has 2 atom stereocenters. The summed E-state index contributed by atoms with van der Waals surface area (Å²) in [5, 5.41) is 9.02. The summed E-state index contributed by atoms with van der Waals surface area (Å²) in [6, 6.07) is 28.4. The van der Waals surface area contributed by atoms with E-state index in [4.69, 9.17) is 10.00 Å². The highest BCUT2D eigenvalue weighted by molar-refractivity contribution is 7.89. The van der Waals surface area contributed by atoms with E-state index in [0.29, 0.717) is 30.1 Å². The van der Waals surface area contributed by atoms with Crippen LogP contribution < -0.4 is 0 Å². The molecule has 0 radical (unpaired) electrons. The van der Waals surface area contributed by atoms with Crippen molar-refractivity contribution >= 4 is 10.0 Å². The number of ether oxygens (including phenoxy) is 1. The number of nitriles is 1. The Bertz CT molecular complexity index is 1300. The molecular formula is C29H32N4O3S. The molecule has 7 nitrogen and oxygen atoms in total. The van der Waals surface area contributed by atoms with Crippen LogP contribution in [0.1, 0.15) is 16.7 Å². The van der Waals surface area contributed by atoms with Gasteiger partial charge in [0.2, 0.25) is 10.0 Å². The van der Waals surface area contributed by atoms with Crippen LogP contribution in [0.3, 0.4) is 0 Å². The Kier molecular flexibility index (Phi) is 7.99.